The van der Waals surface area contributed by atoms with Crippen LogP contribution in [0.1, 0.15) is 232 Å². The number of hydrogen-bond acceptors (Lipinski definition) is 4. The Bertz CT molecular complexity index is 976. The predicted octanol–water partition coefficient (Wildman–Crippen LogP) is 13.7. The summed E-state index contributed by atoms with van der Waals surface area (Å²) in [5.41, 5.74) is 0. The lowest BCUT2D eigenvalue weighted by molar-refractivity contribution is -0.122. The summed E-state index contributed by atoms with van der Waals surface area (Å²) in [5, 5.41) is 13.2. The molecule has 3 N–H and O–H groups in total. The highest BCUT2D eigenvalue weighted by atomic mass is 32.2. The van der Waals surface area contributed by atoms with Crippen molar-refractivity contribution in [2.24, 2.45) is 0 Å². The number of carbonyl (C=O) groups is 1. The Morgan fingerprint density at radius 2 is 0.811 bits per heavy atom. The van der Waals surface area contributed by atoms with Gasteiger partial charge in [-0.05, 0) is 57.8 Å². The molecule has 0 saturated carbocycles. The fourth-order valence-corrected chi connectivity index (χ4v) is 7.61. The van der Waals surface area contributed by atoms with E-state index in [-0.39, 0.29) is 12.3 Å². The van der Waals surface area contributed by atoms with E-state index >= 15 is 0 Å². The number of carbonyl (C=O) groups excluding carboxylic acids is 1. The molecule has 2 unspecified atom stereocenters. The number of nitrogens with one attached hydrogen (secondary N) is 1. The lowest BCUT2D eigenvalue weighted by Crippen LogP contribution is -2.46. The van der Waals surface area contributed by atoms with E-state index in [9.17, 15) is 22.9 Å². The second kappa shape index (κ2) is 40.2. The molecule has 0 spiro atoms. The number of unbranched alkanes of at least 4 members (excludes halogenated alkanes) is 29. The van der Waals surface area contributed by atoms with Crippen molar-refractivity contribution in [3.8, 4) is 0 Å². The number of amides is 1. The molecule has 2 atom stereocenters. The highest BCUT2D eigenvalue weighted by molar-refractivity contribution is 7.85. The molecule has 0 aliphatic rings. The van der Waals surface area contributed by atoms with E-state index in [1.54, 1.807) is 0 Å². The molecule has 0 rings (SSSR count). The number of allylic oxidation sites excluding steroid dienone is 5. The first-order valence-corrected chi connectivity index (χ1v) is 24.3. The molecule has 0 aliphatic heterocycles. The second-order valence-corrected chi connectivity index (χ2v) is 17.2. The summed E-state index contributed by atoms with van der Waals surface area (Å²) in [6.45, 7) is 4.54. The van der Waals surface area contributed by atoms with Crippen molar-refractivity contribution in [3.63, 3.8) is 0 Å². The van der Waals surface area contributed by atoms with Gasteiger partial charge in [0.2, 0.25) is 5.91 Å². The van der Waals surface area contributed by atoms with Gasteiger partial charge < -0.3 is 10.4 Å². The standard InChI is InChI=1S/C46H87NO5S/c1-3-5-7-9-11-13-15-17-19-21-23-24-25-27-29-31-33-35-37-39-41-45(48)44(43-53(50,51)52)47-46(49)42-40-38-36-34-32-30-28-26-22-20-18-16-14-12-10-8-6-4-2/h20,22,31,33,39,41,44-45,48H,3-19,21,23-30,32,34-38,40,42-43H2,1-2H3,(H,47,49)(H,50,51,52)/b22-20-,33-31+,41-39+. The second-order valence-electron chi connectivity index (χ2n) is 15.7. The normalized spacial score (nSPS) is 13.5. The van der Waals surface area contributed by atoms with Crippen LogP contribution >= 0.6 is 0 Å². The van der Waals surface area contributed by atoms with Crippen LogP contribution in [0.25, 0.3) is 0 Å². The van der Waals surface area contributed by atoms with Crippen LogP contribution in [0.3, 0.4) is 0 Å². The number of aliphatic hydroxyl groups is 1. The Balaban J connectivity index is 3.91. The molecule has 7 heteroatoms. The van der Waals surface area contributed by atoms with Crippen LogP contribution in [0.4, 0.5) is 0 Å². The van der Waals surface area contributed by atoms with Crippen LogP contribution in [-0.2, 0) is 14.9 Å². The van der Waals surface area contributed by atoms with Crippen molar-refractivity contribution >= 4 is 16.0 Å². The minimum absolute atomic E-state index is 0.284. The molecule has 0 aromatic rings. The van der Waals surface area contributed by atoms with Crippen LogP contribution in [0, 0.1) is 0 Å². The Kier molecular flexibility index (Phi) is 39.1. The van der Waals surface area contributed by atoms with Crippen molar-refractivity contribution < 1.29 is 22.9 Å². The summed E-state index contributed by atoms with van der Waals surface area (Å²) >= 11 is 0. The molecular weight excluding hydrogens is 679 g/mol. The third-order valence-corrected chi connectivity index (χ3v) is 11.1. The fraction of sp³-hybridized carbons (Fsp3) is 0.848. The molecule has 1 amide bonds. The van der Waals surface area contributed by atoms with E-state index in [2.05, 4.69) is 43.5 Å². The van der Waals surface area contributed by atoms with Gasteiger partial charge in [0.15, 0.2) is 0 Å². The lowest BCUT2D eigenvalue weighted by Gasteiger charge is -2.21. The van der Waals surface area contributed by atoms with Crippen LogP contribution in [0.2, 0.25) is 0 Å². The molecule has 6 nitrogen and oxygen atoms in total. The Labute approximate surface area is 329 Å². The third-order valence-electron chi connectivity index (χ3n) is 10.3. The predicted molar refractivity (Wildman–Crippen MR) is 230 cm³/mol. The molecule has 312 valence electrons. The van der Waals surface area contributed by atoms with Gasteiger partial charge in [-0.1, -0.05) is 204 Å². The molecule has 0 fully saturated rings. The van der Waals surface area contributed by atoms with E-state index < -0.39 is 28.0 Å². The molecule has 0 bridgehead atoms. The van der Waals surface area contributed by atoms with Gasteiger partial charge in [0, 0.05) is 6.42 Å². The minimum atomic E-state index is -4.36. The highest BCUT2D eigenvalue weighted by Gasteiger charge is 2.24. The van der Waals surface area contributed by atoms with E-state index in [0.717, 1.165) is 44.9 Å². The summed E-state index contributed by atoms with van der Waals surface area (Å²) in [7, 11) is -4.36. The zero-order valence-electron chi connectivity index (χ0n) is 34.9. The molecule has 0 aromatic heterocycles. The molecule has 0 heterocycles. The average molecular weight is 766 g/mol. The van der Waals surface area contributed by atoms with Crippen molar-refractivity contribution in [1.29, 1.82) is 0 Å². The summed E-state index contributed by atoms with van der Waals surface area (Å²) in [6, 6.07) is -1.07. The number of hydrogen-bond donors (Lipinski definition) is 3. The summed E-state index contributed by atoms with van der Waals surface area (Å²) in [5.74, 6) is -1.00. The maximum Gasteiger partial charge on any atom is 0.267 e. The average Bonchev–Trinajstić information content (AvgIpc) is 3.12. The van der Waals surface area contributed by atoms with Gasteiger partial charge in [0.05, 0.1) is 17.9 Å². The summed E-state index contributed by atoms with van der Waals surface area (Å²) in [6.07, 6.45) is 52.8. The first-order valence-electron chi connectivity index (χ1n) is 22.7. The Morgan fingerprint density at radius 1 is 0.491 bits per heavy atom. The monoisotopic (exact) mass is 766 g/mol. The van der Waals surface area contributed by atoms with Crippen LogP contribution < -0.4 is 5.32 Å². The molecule has 0 radical (unpaired) electrons. The van der Waals surface area contributed by atoms with E-state index in [4.69, 9.17) is 0 Å². The van der Waals surface area contributed by atoms with Crippen molar-refractivity contribution in [3.05, 3.63) is 36.5 Å². The lowest BCUT2D eigenvalue weighted by atomic mass is 10.0. The maximum atomic E-state index is 12.5. The fourth-order valence-electron chi connectivity index (χ4n) is 6.87. The smallest absolute Gasteiger partial charge is 0.267 e. The SMILES string of the molecule is CCCCCCCCC/C=C\CCCCCCCCCC(=O)NC(CS(=O)(=O)O)C(O)/C=C/CC/C=C/CCCCCCCCCCCCCCCC. The van der Waals surface area contributed by atoms with Gasteiger partial charge in [0.1, 0.15) is 0 Å². The van der Waals surface area contributed by atoms with E-state index in [1.165, 1.54) is 173 Å². The first kappa shape index (κ1) is 51.6. The van der Waals surface area contributed by atoms with Gasteiger partial charge in [-0.3, -0.25) is 9.35 Å². The summed E-state index contributed by atoms with van der Waals surface area (Å²) in [4.78, 5) is 12.5. The van der Waals surface area contributed by atoms with Crippen LogP contribution in [0.15, 0.2) is 36.5 Å². The Morgan fingerprint density at radius 3 is 1.19 bits per heavy atom. The van der Waals surface area contributed by atoms with Crippen molar-refractivity contribution in [2.45, 2.75) is 244 Å². The first-order chi connectivity index (χ1) is 25.8. The number of aliphatic hydroxyl groups excluding tert-OH is 1. The minimum Gasteiger partial charge on any atom is -0.387 e. The van der Waals surface area contributed by atoms with Crippen molar-refractivity contribution in [1.82, 2.24) is 5.32 Å². The Hall–Kier alpha value is -1.44. The zero-order chi connectivity index (χ0) is 38.9. The quantitative estimate of drug-likeness (QED) is 0.0327. The van der Waals surface area contributed by atoms with Crippen molar-refractivity contribution in [2.75, 3.05) is 5.75 Å². The largest absolute Gasteiger partial charge is 0.387 e. The topological polar surface area (TPSA) is 104 Å². The van der Waals surface area contributed by atoms with Gasteiger partial charge in [-0.15, -0.1) is 0 Å². The van der Waals surface area contributed by atoms with Gasteiger partial charge in [-0.2, -0.15) is 8.42 Å². The maximum absolute atomic E-state index is 12.5. The molecule has 0 aromatic carbocycles. The molecular formula is C46H87NO5S. The molecule has 53 heavy (non-hydrogen) atoms. The van der Waals surface area contributed by atoms with Crippen LogP contribution in [-0.4, -0.2) is 41.9 Å². The van der Waals surface area contributed by atoms with Crippen LogP contribution in [0.5, 0.6) is 0 Å². The highest BCUT2D eigenvalue weighted by Crippen LogP contribution is 2.15. The third kappa shape index (κ3) is 41.6. The van der Waals surface area contributed by atoms with Gasteiger partial charge >= 0.3 is 0 Å². The number of rotatable bonds is 41. The summed E-state index contributed by atoms with van der Waals surface area (Å²) < 4.78 is 32.6. The zero-order valence-corrected chi connectivity index (χ0v) is 35.7. The van der Waals surface area contributed by atoms with Gasteiger partial charge in [0.25, 0.3) is 10.1 Å². The van der Waals surface area contributed by atoms with Gasteiger partial charge in [-0.25, -0.2) is 0 Å². The van der Waals surface area contributed by atoms with E-state index in [0.29, 0.717) is 0 Å². The molecule has 0 aliphatic carbocycles. The molecule has 0 saturated heterocycles. The van der Waals surface area contributed by atoms with E-state index in [1.807, 2.05) is 6.08 Å².